The van der Waals surface area contributed by atoms with E-state index in [-0.39, 0.29) is 55.7 Å². The molecule has 0 saturated carbocycles. The fourth-order valence-corrected chi connectivity index (χ4v) is 6.05. The first kappa shape index (κ1) is 32.6. The number of halogens is 3. The standard InChI is InChI=1S/C31H35F3N6O6/c1-17(41)36-21-9-7-18-14-24(44-2)28(45-3)29(46-4)27(18)19-8-10-22(23(42)15-20(19)21)35-11-5-6-26(43)39-12-13-40-25(16-39)37-38-30(40)31(32,33)34/h8,10,14-15,21H,5-7,9,11-13,16H2,1-4H3,(H,35,42)(H,36,41)/t21-/m0/s1. The monoisotopic (exact) mass is 644 g/mol. The van der Waals surface area contributed by atoms with Gasteiger partial charge in [0, 0.05) is 38.5 Å². The first-order valence-corrected chi connectivity index (χ1v) is 14.7. The summed E-state index contributed by atoms with van der Waals surface area (Å²) in [6.07, 6.45) is -3.03. The summed E-state index contributed by atoms with van der Waals surface area (Å²) in [5, 5.41) is 13.0. The van der Waals surface area contributed by atoms with E-state index in [0.717, 1.165) is 15.7 Å². The predicted molar refractivity (Wildman–Crippen MR) is 161 cm³/mol. The first-order chi connectivity index (χ1) is 22.0. The number of nitrogens with one attached hydrogen (secondary N) is 2. The number of methoxy groups -OCH3 is 3. The number of nitrogens with zero attached hydrogens (tertiary/aromatic N) is 4. The molecule has 46 heavy (non-hydrogen) atoms. The van der Waals surface area contributed by atoms with Crippen LogP contribution < -0.4 is 30.3 Å². The Hall–Kier alpha value is -4.82. The van der Waals surface area contributed by atoms with Crippen LogP contribution in [0.15, 0.2) is 29.1 Å². The van der Waals surface area contributed by atoms with Gasteiger partial charge in [-0.25, -0.2) is 0 Å². The fraction of sp³-hybridized carbons (Fsp3) is 0.452. The second-order valence-electron chi connectivity index (χ2n) is 11.0. The third kappa shape index (κ3) is 6.44. The molecule has 246 valence electrons. The van der Waals surface area contributed by atoms with E-state index in [0.29, 0.717) is 53.3 Å². The van der Waals surface area contributed by atoms with Crippen molar-refractivity contribution in [2.24, 2.45) is 0 Å². The summed E-state index contributed by atoms with van der Waals surface area (Å²) >= 11 is 0. The lowest BCUT2D eigenvalue weighted by molar-refractivity contribution is -0.148. The zero-order valence-electron chi connectivity index (χ0n) is 25.9. The summed E-state index contributed by atoms with van der Waals surface area (Å²) < 4.78 is 57.4. The number of rotatable bonds is 9. The smallest absolute Gasteiger partial charge is 0.451 e. The minimum atomic E-state index is -4.61. The molecule has 0 fully saturated rings. The van der Waals surface area contributed by atoms with Crippen LogP contribution >= 0.6 is 0 Å². The predicted octanol–water partition coefficient (Wildman–Crippen LogP) is 3.71. The number of carbonyl (C=O) groups is 2. The SMILES string of the molecule is COc1cc2c(c(OC)c1OC)-c1ccc(NCCCC(=O)N3CCn4c(nnc4C(F)(F)F)C3)c(=O)cc1[C@@H](NC(C)=O)CC2. The molecule has 2 amide bonds. The van der Waals surface area contributed by atoms with Gasteiger partial charge >= 0.3 is 6.18 Å². The molecule has 0 spiro atoms. The van der Waals surface area contributed by atoms with Gasteiger partial charge in [-0.2, -0.15) is 13.2 Å². The molecular weight excluding hydrogens is 609 g/mol. The normalized spacial score (nSPS) is 15.5. The minimum Gasteiger partial charge on any atom is -0.493 e. The van der Waals surface area contributed by atoms with Crippen molar-refractivity contribution in [3.05, 3.63) is 57.3 Å². The quantitative estimate of drug-likeness (QED) is 0.334. The van der Waals surface area contributed by atoms with E-state index in [9.17, 15) is 27.6 Å². The largest absolute Gasteiger partial charge is 0.493 e. The minimum absolute atomic E-state index is 0.0437. The lowest BCUT2D eigenvalue weighted by Crippen LogP contribution is -2.39. The summed E-state index contributed by atoms with van der Waals surface area (Å²) in [5.41, 5.74) is 2.95. The molecule has 0 radical (unpaired) electrons. The molecule has 0 unspecified atom stereocenters. The average Bonchev–Trinajstić information content (AvgIpc) is 3.33. The van der Waals surface area contributed by atoms with Crippen LogP contribution in [0.4, 0.5) is 18.9 Å². The summed E-state index contributed by atoms with van der Waals surface area (Å²) in [7, 11) is 4.58. The van der Waals surface area contributed by atoms with Gasteiger partial charge in [0.2, 0.25) is 28.8 Å². The van der Waals surface area contributed by atoms with Crippen molar-refractivity contribution in [1.29, 1.82) is 0 Å². The van der Waals surface area contributed by atoms with Gasteiger partial charge in [0.25, 0.3) is 0 Å². The molecule has 15 heteroatoms. The van der Waals surface area contributed by atoms with E-state index in [1.165, 1.54) is 39.2 Å². The maximum Gasteiger partial charge on any atom is 0.451 e. The van der Waals surface area contributed by atoms with Gasteiger partial charge in [-0.1, -0.05) is 6.07 Å². The molecule has 1 aliphatic heterocycles. The summed E-state index contributed by atoms with van der Waals surface area (Å²) in [4.78, 5) is 39.9. The molecule has 1 aliphatic carbocycles. The molecule has 2 aromatic carbocycles. The highest BCUT2D eigenvalue weighted by Crippen LogP contribution is 2.50. The highest BCUT2D eigenvalue weighted by Gasteiger charge is 2.40. The Labute approximate surface area is 262 Å². The van der Waals surface area contributed by atoms with Gasteiger partial charge in [0.05, 0.1) is 39.6 Å². The topological polar surface area (TPSA) is 137 Å². The van der Waals surface area contributed by atoms with Gasteiger partial charge in [-0.15, -0.1) is 10.2 Å². The Morgan fingerprint density at radius 3 is 2.48 bits per heavy atom. The fourth-order valence-electron chi connectivity index (χ4n) is 6.05. The lowest BCUT2D eigenvalue weighted by atomic mass is 9.95. The molecular formula is C31H35F3N6O6. The Morgan fingerprint density at radius 2 is 1.80 bits per heavy atom. The van der Waals surface area contributed by atoms with Crippen LogP contribution in [0.2, 0.25) is 0 Å². The number of hydrogen-bond donors (Lipinski definition) is 2. The maximum absolute atomic E-state index is 13.5. The first-order valence-electron chi connectivity index (χ1n) is 14.7. The third-order valence-electron chi connectivity index (χ3n) is 8.16. The van der Waals surface area contributed by atoms with E-state index in [1.807, 2.05) is 6.07 Å². The number of ether oxygens (including phenoxy) is 3. The van der Waals surface area contributed by atoms with E-state index in [1.54, 1.807) is 12.1 Å². The van der Waals surface area contributed by atoms with Crippen LogP contribution in [-0.4, -0.2) is 65.9 Å². The lowest BCUT2D eigenvalue weighted by Gasteiger charge is -2.28. The Kier molecular flexibility index (Phi) is 9.39. The molecule has 1 aromatic heterocycles. The molecule has 3 aromatic rings. The molecule has 2 aliphatic rings. The number of hydrogen-bond acceptors (Lipinski definition) is 9. The van der Waals surface area contributed by atoms with E-state index >= 15 is 0 Å². The maximum atomic E-state index is 13.5. The van der Waals surface area contributed by atoms with Crippen LogP contribution in [-0.2, 0) is 35.3 Å². The number of aryl methyl sites for hydroxylation is 1. The van der Waals surface area contributed by atoms with Gasteiger partial charge in [-0.05, 0) is 54.2 Å². The second kappa shape index (κ2) is 13.3. The number of alkyl halides is 3. The Balaban J connectivity index is 1.35. The highest BCUT2D eigenvalue weighted by molar-refractivity contribution is 5.84. The number of amides is 2. The van der Waals surface area contributed by atoms with E-state index in [4.69, 9.17) is 14.2 Å². The van der Waals surface area contributed by atoms with Crippen molar-refractivity contribution in [3.63, 3.8) is 0 Å². The van der Waals surface area contributed by atoms with Crippen molar-refractivity contribution < 1.29 is 37.0 Å². The van der Waals surface area contributed by atoms with Crippen LogP contribution in [0, 0.1) is 0 Å². The van der Waals surface area contributed by atoms with Gasteiger partial charge in [0.1, 0.15) is 0 Å². The number of carbonyl (C=O) groups excluding carboxylic acids is 2. The van der Waals surface area contributed by atoms with Crippen molar-refractivity contribution in [2.45, 2.75) is 57.9 Å². The molecule has 0 saturated heterocycles. The molecule has 2 heterocycles. The Morgan fingerprint density at radius 1 is 1.04 bits per heavy atom. The van der Waals surface area contributed by atoms with Crippen molar-refractivity contribution >= 4 is 17.5 Å². The van der Waals surface area contributed by atoms with Crippen molar-refractivity contribution in [3.8, 4) is 28.4 Å². The highest BCUT2D eigenvalue weighted by atomic mass is 19.4. The van der Waals surface area contributed by atoms with Crippen LogP contribution in [0.3, 0.4) is 0 Å². The number of anilines is 1. The van der Waals surface area contributed by atoms with Gasteiger partial charge < -0.3 is 34.3 Å². The van der Waals surface area contributed by atoms with E-state index in [2.05, 4.69) is 20.8 Å². The summed E-state index contributed by atoms with van der Waals surface area (Å²) in [6.45, 7) is 1.73. The summed E-state index contributed by atoms with van der Waals surface area (Å²) in [6, 6.07) is 6.40. The zero-order chi connectivity index (χ0) is 33.2. The molecule has 0 bridgehead atoms. The second-order valence-corrected chi connectivity index (χ2v) is 11.0. The zero-order valence-corrected chi connectivity index (χ0v) is 25.9. The number of fused-ring (bicyclic) bond motifs is 4. The van der Waals surface area contributed by atoms with Crippen LogP contribution in [0.1, 0.15) is 55.0 Å². The average molecular weight is 645 g/mol. The van der Waals surface area contributed by atoms with E-state index < -0.39 is 18.0 Å². The molecule has 2 N–H and O–H groups in total. The van der Waals surface area contributed by atoms with Crippen LogP contribution in [0.5, 0.6) is 17.2 Å². The van der Waals surface area contributed by atoms with Gasteiger partial charge in [-0.3, -0.25) is 14.4 Å². The molecule has 12 nitrogen and oxygen atoms in total. The molecule has 5 rings (SSSR count). The van der Waals surface area contributed by atoms with Crippen LogP contribution in [0.25, 0.3) is 11.1 Å². The summed E-state index contributed by atoms with van der Waals surface area (Å²) in [5.74, 6) is -0.103. The number of benzene rings is 1. The number of aromatic nitrogens is 3. The van der Waals surface area contributed by atoms with Crippen molar-refractivity contribution in [1.82, 2.24) is 25.0 Å². The van der Waals surface area contributed by atoms with Crippen molar-refractivity contribution in [2.75, 3.05) is 39.7 Å². The third-order valence-corrected chi connectivity index (χ3v) is 8.16. The molecule has 1 atom stereocenters. The van der Waals surface area contributed by atoms with Gasteiger partial charge in [0.15, 0.2) is 17.3 Å². The Bertz CT molecular complexity index is 1710.